The second-order valence-electron chi connectivity index (χ2n) is 7.20. The summed E-state index contributed by atoms with van der Waals surface area (Å²) in [5.41, 5.74) is 3.30. The molecule has 5 nitrogen and oxygen atoms in total. The number of benzene rings is 3. The maximum atomic E-state index is 12.9. The topological polar surface area (TPSA) is 65.5 Å². The van der Waals surface area contributed by atoms with Gasteiger partial charge in [-0.05, 0) is 51.9 Å². The van der Waals surface area contributed by atoms with E-state index in [2.05, 4.69) is 27.6 Å². The van der Waals surface area contributed by atoms with Gasteiger partial charge < -0.3 is 9.47 Å². The fraction of sp³-hybridized carbons (Fsp3) is 0.0741. The number of nitrogens with zero attached hydrogens (tertiary/aromatic N) is 1. The van der Waals surface area contributed by atoms with Gasteiger partial charge in [0.1, 0.15) is 18.9 Å². The van der Waals surface area contributed by atoms with E-state index in [-0.39, 0.29) is 24.5 Å². The molecule has 0 N–H and O–H groups in total. The first kappa shape index (κ1) is 22.7. The molecule has 0 unspecified atom stereocenters. The van der Waals surface area contributed by atoms with Crippen LogP contribution in [0.1, 0.15) is 32.0 Å². The van der Waals surface area contributed by atoms with Crippen LogP contribution in [0.4, 0.5) is 0 Å². The van der Waals surface area contributed by atoms with E-state index in [4.69, 9.17) is 9.47 Å². The molecule has 0 amide bonds. The molecule has 0 radical (unpaired) electrons. The Balaban J connectivity index is 1.60. The maximum Gasteiger partial charge on any atom is 0.357 e. The Morgan fingerprint density at radius 3 is 1.82 bits per heavy atom. The highest BCUT2D eigenvalue weighted by molar-refractivity contribution is 14.1. The molecule has 0 atom stereocenters. The number of aromatic nitrogens is 1. The number of carbonyl (C=O) groups is 2. The summed E-state index contributed by atoms with van der Waals surface area (Å²) in [5.74, 6) is -1.07. The van der Waals surface area contributed by atoms with Crippen LogP contribution in [0, 0.1) is 3.57 Å². The van der Waals surface area contributed by atoms with Crippen LogP contribution >= 0.6 is 22.6 Å². The van der Waals surface area contributed by atoms with Crippen molar-refractivity contribution in [3.8, 4) is 11.3 Å². The molecule has 164 valence electrons. The highest BCUT2D eigenvalue weighted by atomic mass is 127. The van der Waals surface area contributed by atoms with E-state index < -0.39 is 11.9 Å². The molecule has 1 heterocycles. The lowest BCUT2D eigenvalue weighted by Gasteiger charge is -2.12. The Kier molecular flexibility index (Phi) is 7.47. The average Bonchev–Trinajstić information content (AvgIpc) is 2.87. The molecule has 0 aliphatic carbocycles. The Hall–Kier alpha value is -3.52. The van der Waals surface area contributed by atoms with Crippen LogP contribution in [0.5, 0.6) is 0 Å². The van der Waals surface area contributed by atoms with Gasteiger partial charge in [0.15, 0.2) is 0 Å². The molecule has 0 fully saturated rings. The molecule has 4 aromatic rings. The monoisotopic (exact) mass is 549 g/mol. The zero-order valence-electron chi connectivity index (χ0n) is 17.6. The number of hydrogen-bond donors (Lipinski definition) is 0. The Bertz CT molecular complexity index is 1260. The molecule has 33 heavy (non-hydrogen) atoms. The zero-order valence-corrected chi connectivity index (χ0v) is 19.8. The molecular formula is C27H20INO4. The summed E-state index contributed by atoms with van der Waals surface area (Å²) in [6.45, 7) is 0.284. The number of halogens is 1. The summed E-state index contributed by atoms with van der Waals surface area (Å²) in [7, 11) is 0. The first-order chi connectivity index (χ1) is 16.1. The van der Waals surface area contributed by atoms with Crippen LogP contribution < -0.4 is 0 Å². The molecule has 6 heteroatoms. The predicted molar refractivity (Wildman–Crippen MR) is 134 cm³/mol. The molecule has 0 saturated carbocycles. The maximum absolute atomic E-state index is 12.9. The number of rotatable bonds is 7. The highest BCUT2D eigenvalue weighted by Crippen LogP contribution is 2.28. The predicted octanol–water partition coefficient (Wildman–Crippen LogP) is 6.07. The van der Waals surface area contributed by atoms with E-state index in [1.165, 1.54) is 6.07 Å². The second-order valence-corrected chi connectivity index (χ2v) is 8.36. The first-order valence-electron chi connectivity index (χ1n) is 10.3. The van der Waals surface area contributed by atoms with Gasteiger partial charge in [0.2, 0.25) is 0 Å². The van der Waals surface area contributed by atoms with Gasteiger partial charge in [-0.1, -0.05) is 78.9 Å². The van der Waals surface area contributed by atoms with E-state index in [9.17, 15) is 9.59 Å². The molecule has 1 aromatic heterocycles. The standard InChI is InChI=1S/C27H20INO4/c28-23-14-8-7-13-21(23)25-22(26(30)32-17-19-9-3-1-4-10-19)15-16-24(29-25)27(31)33-18-20-11-5-2-6-12-20/h1-16H,17-18H2. The first-order valence-corrected chi connectivity index (χ1v) is 11.4. The van der Waals surface area contributed by atoms with Crippen molar-refractivity contribution in [2.45, 2.75) is 13.2 Å². The minimum Gasteiger partial charge on any atom is -0.457 e. The number of ether oxygens (including phenoxy) is 2. The largest absolute Gasteiger partial charge is 0.457 e. The summed E-state index contributed by atoms with van der Waals surface area (Å²) in [6.07, 6.45) is 0. The summed E-state index contributed by atoms with van der Waals surface area (Å²) in [6, 6.07) is 29.5. The van der Waals surface area contributed by atoms with Crippen molar-refractivity contribution in [2.24, 2.45) is 0 Å². The van der Waals surface area contributed by atoms with Crippen molar-refractivity contribution in [3.05, 3.63) is 123 Å². The zero-order chi connectivity index (χ0) is 23.0. The second kappa shape index (κ2) is 10.9. The highest BCUT2D eigenvalue weighted by Gasteiger charge is 2.21. The molecule has 0 saturated heterocycles. The van der Waals surface area contributed by atoms with Crippen LogP contribution in [0.3, 0.4) is 0 Å². The van der Waals surface area contributed by atoms with Crippen molar-refractivity contribution < 1.29 is 19.1 Å². The third-order valence-corrected chi connectivity index (χ3v) is 5.82. The molecule has 0 aliphatic rings. The summed E-state index contributed by atoms with van der Waals surface area (Å²) in [4.78, 5) is 30.1. The van der Waals surface area contributed by atoms with Gasteiger partial charge >= 0.3 is 11.9 Å². The molecule has 0 spiro atoms. The Morgan fingerprint density at radius 2 is 1.21 bits per heavy atom. The van der Waals surface area contributed by atoms with Crippen molar-refractivity contribution in [2.75, 3.05) is 0 Å². The van der Waals surface area contributed by atoms with Crippen LogP contribution in [-0.2, 0) is 22.7 Å². The van der Waals surface area contributed by atoms with E-state index in [0.29, 0.717) is 5.69 Å². The fourth-order valence-corrected chi connectivity index (χ4v) is 3.84. The van der Waals surface area contributed by atoms with Crippen molar-refractivity contribution in [1.82, 2.24) is 4.98 Å². The van der Waals surface area contributed by atoms with Crippen LogP contribution in [-0.4, -0.2) is 16.9 Å². The minimum atomic E-state index is -0.560. The molecule has 0 bridgehead atoms. The Morgan fingerprint density at radius 1 is 0.667 bits per heavy atom. The van der Waals surface area contributed by atoms with Crippen molar-refractivity contribution in [1.29, 1.82) is 0 Å². The number of hydrogen-bond acceptors (Lipinski definition) is 5. The summed E-state index contributed by atoms with van der Waals surface area (Å²) >= 11 is 2.18. The van der Waals surface area contributed by atoms with Crippen LogP contribution in [0.25, 0.3) is 11.3 Å². The summed E-state index contributed by atoms with van der Waals surface area (Å²) in [5, 5.41) is 0. The smallest absolute Gasteiger partial charge is 0.357 e. The lowest BCUT2D eigenvalue weighted by Crippen LogP contribution is -2.13. The minimum absolute atomic E-state index is 0.125. The summed E-state index contributed by atoms with van der Waals surface area (Å²) < 4.78 is 11.8. The normalized spacial score (nSPS) is 10.5. The lowest BCUT2D eigenvalue weighted by atomic mass is 10.0. The van der Waals surface area contributed by atoms with Gasteiger partial charge in [0, 0.05) is 9.13 Å². The van der Waals surface area contributed by atoms with E-state index in [1.807, 2.05) is 84.9 Å². The number of pyridine rings is 1. The van der Waals surface area contributed by atoms with E-state index in [1.54, 1.807) is 6.07 Å². The van der Waals surface area contributed by atoms with E-state index >= 15 is 0 Å². The van der Waals surface area contributed by atoms with Gasteiger partial charge in [-0.2, -0.15) is 0 Å². The third kappa shape index (κ3) is 5.84. The SMILES string of the molecule is O=C(OCc1ccccc1)c1ccc(C(=O)OCc2ccccc2)c(-c2ccccc2I)n1. The fourth-order valence-electron chi connectivity index (χ4n) is 3.19. The van der Waals surface area contributed by atoms with Crippen molar-refractivity contribution in [3.63, 3.8) is 0 Å². The Labute approximate surface area is 205 Å². The van der Waals surface area contributed by atoms with Gasteiger partial charge in [-0.25, -0.2) is 14.6 Å². The number of esters is 2. The van der Waals surface area contributed by atoms with E-state index in [0.717, 1.165) is 20.3 Å². The quantitative estimate of drug-likeness (QED) is 0.207. The third-order valence-electron chi connectivity index (χ3n) is 4.88. The average molecular weight is 549 g/mol. The lowest BCUT2D eigenvalue weighted by molar-refractivity contribution is 0.0453. The van der Waals surface area contributed by atoms with Gasteiger partial charge in [0.25, 0.3) is 0 Å². The molecule has 4 rings (SSSR count). The van der Waals surface area contributed by atoms with Crippen LogP contribution in [0.15, 0.2) is 97.1 Å². The number of carbonyl (C=O) groups excluding carboxylic acids is 2. The molecule has 0 aliphatic heterocycles. The van der Waals surface area contributed by atoms with Gasteiger partial charge in [-0.3, -0.25) is 0 Å². The van der Waals surface area contributed by atoms with Crippen molar-refractivity contribution >= 4 is 34.5 Å². The molecule has 3 aromatic carbocycles. The van der Waals surface area contributed by atoms with Crippen LogP contribution in [0.2, 0.25) is 0 Å². The van der Waals surface area contributed by atoms with Gasteiger partial charge in [0.05, 0.1) is 11.3 Å². The molecular weight excluding hydrogens is 529 g/mol. The van der Waals surface area contributed by atoms with Gasteiger partial charge in [-0.15, -0.1) is 0 Å².